The molecule has 4 N–H and O–H groups in total. The first kappa shape index (κ1) is 14.8. The van der Waals surface area contributed by atoms with Gasteiger partial charge in [-0.3, -0.25) is 0 Å². The minimum Gasteiger partial charge on any atom is -0.481 e. The van der Waals surface area contributed by atoms with Crippen molar-refractivity contribution in [2.75, 3.05) is 25.7 Å². The molecule has 0 unspecified atom stereocenters. The Morgan fingerprint density at radius 3 is 2.29 bits per heavy atom. The number of hydrogen-bond donors (Lipinski definition) is 2. The largest absolute Gasteiger partial charge is 0.481 e. The minimum absolute atomic E-state index is 0.533. The number of anilines is 2. The van der Waals surface area contributed by atoms with Crippen molar-refractivity contribution in [2.45, 2.75) is 0 Å². The Labute approximate surface area is 125 Å². The Hall–Kier alpha value is -2.61. The number of methoxy groups -OCH3 is 2. The molecular formula is C13H15N5O2S. The van der Waals surface area contributed by atoms with Gasteiger partial charge >= 0.3 is 0 Å². The van der Waals surface area contributed by atoms with Crippen LogP contribution in [0.25, 0.3) is 10.3 Å². The lowest BCUT2D eigenvalue weighted by atomic mass is 10.4. The van der Waals surface area contributed by atoms with E-state index in [2.05, 4.69) is 15.0 Å². The third kappa shape index (κ3) is 3.93. The highest BCUT2D eigenvalue weighted by Gasteiger charge is 2.02. The number of ether oxygens (including phenoxy) is 2. The van der Waals surface area contributed by atoms with Crippen LogP contribution in [0, 0.1) is 0 Å². The molecule has 7 nitrogen and oxygen atoms in total. The Morgan fingerprint density at radius 1 is 0.952 bits per heavy atom. The van der Waals surface area contributed by atoms with Gasteiger partial charge in [-0.2, -0.15) is 0 Å². The molecule has 3 heterocycles. The lowest BCUT2D eigenvalue weighted by molar-refractivity contribution is 0.398. The highest BCUT2D eigenvalue weighted by molar-refractivity contribution is 7.21. The quantitative estimate of drug-likeness (QED) is 0.744. The molecule has 0 aliphatic rings. The second-order valence-electron chi connectivity index (χ2n) is 3.86. The van der Waals surface area contributed by atoms with Crippen molar-refractivity contribution < 1.29 is 9.47 Å². The minimum atomic E-state index is 0.533. The average molecular weight is 305 g/mol. The van der Waals surface area contributed by atoms with Gasteiger partial charge in [0.05, 0.1) is 26.1 Å². The number of pyridine rings is 2. The molecule has 3 aromatic rings. The zero-order valence-corrected chi connectivity index (χ0v) is 12.4. The zero-order chi connectivity index (χ0) is 15.2. The van der Waals surface area contributed by atoms with Crippen LogP contribution >= 0.6 is 11.3 Å². The third-order valence-corrected chi connectivity index (χ3v) is 3.22. The second-order valence-corrected chi connectivity index (χ2v) is 4.87. The first-order valence-electron chi connectivity index (χ1n) is 5.95. The molecule has 0 aliphatic carbocycles. The fourth-order valence-electron chi connectivity index (χ4n) is 1.44. The molecule has 110 valence electrons. The number of thiazole rings is 1. The summed E-state index contributed by atoms with van der Waals surface area (Å²) in [4.78, 5) is 12.9. The van der Waals surface area contributed by atoms with Crippen LogP contribution in [0.4, 0.5) is 10.8 Å². The summed E-state index contributed by atoms with van der Waals surface area (Å²) >= 11 is 1.36. The summed E-state index contributed by atoms with van der Waals surface area (Å²) in [6.45, 7) is 0. The lowest BCUT2D eigenvalue weighted by Crippen LogP contribution is -1.89. The van der Waals surface area contributed by atoms with Crippen molar-refractivity contribution in [3.05, 3.63) is 30.5 Å². The maximum absolute atomic E-state index is 5.51. The van der Waals surface area contributed by atoms with Crippen LogP contribution in [0.3, 0.4) is 0 Å². The van der Waals surface area contributed by atoms with Gasteiger partial charge in [0.1, 0.15) is 10.3 Å². The molecule has 0 saturated heterocycles. The highest BCUT2D eigenvalue weighted by Crippen LogP contribution is 2.23. The lowest BCUT2D eigenvalue weighted by Gasteiger charge is -1.95. The molecule has 0 spiro atoms. The van der Waals surface area contributed by atoms with Crippen LogP contribution in [0.5, 0.6) is 11.8 Å². The van der Waals surface area contributed by atoms with E-state index >= 15 is 0 Å². The van der Waals surface area contributed by atoms with Gasteiger partial charge in [0.15, 0.2) is 5.13 Å². The molecular weight excluding hydrogens is 290 g/mol. The molecule has 3 rings (SSSR count). The number of nitrogens with two attached hydrogens (primary N) is 2. The number of nitrogens with zero attached hydrogens (tertiary/aromatic N) is 3. The van der Waals surface area contributed by atoms with Crippen LogP contribution < -0.4 is 20.9 Å². The smallest absolute Gasteiger partial charge is 0.214 e. The topological polar surface area (TPSA) is 109 Å². The summed E-state index contributed by atoms with van der Waals surface area (Å²) in [5.74, 6) is 1.18. The predicted molar refractivity (Wildman–Crippen MR) is 83.6 cm³/mol. The van der Waals surface area contributed by atoms with Gasteiger partial charge in [0.25, 0.3) is 0 Å². The van der Waals surface area contributed by atoms with E-state index in [1.165, 1.54) is 11.3 Å². The number of fused-ring (bicyclic) bond motifs is 1. The van der Waals surface area contributed by atoms with E-state index in [1.807, 2.05) is 6.07 Å². The summed E-state index contributed by atoms with van der Waals surface area (Å²) in [5, 5.41) is 0.533. The number of hydrogen-bond acceptors (Lipinski definition) is 8. The molecule has 21 heavy (non-hydrogen) atoms. The SMILES string of the molecule is COc1ccc(N)cn1.COc1ccc2nc(N)sc2n1. The molecule has 0 atom stereocenters. The van der Waals surface area contributed by atoms with E-state index in [0.717, 1.165) is 10.3 Å². The number of rotatable bonds is 2. The fraction of sp³-hybridized carbons (Fsp3) is 0.154. The fourth-order valence-corrected chi connectivity index (χ4v) is 2.14. The number of nitrogen functional groups attached to an aromatic ring is 2. The molecule has 0 radical (unpaired) electrons. The Balaban J connectivity index is 0.000000161. The van der Waals surface area contributed by atoms with Crippen molar-refractivity contribution in [3.8, 4) is 11.8 Å². The molecule has 0 bridgehead atoms. The summed E-state index contributed by atoms with van der Waals surface area (Å²) < 4.78 is 9.76. The van der Waals surface area contributed by atoms with Gasteiger partial charge in [-0.05, 0) is 12.1 Å². The monoisotopic (exact) mass is 305 g/mol. The van der Waals surface area contributed by atoms with Crippen LogP contribution in [-0.4, -0.2) is 29.2 Å². The van der Waals surface area contributed by atoms with E-state index in [0.29, 0.717) is 22.6 Å². The second kappa shape index (κ2) is 6.71. The summed E-state index contributed by atoms with van der Waals surface area (Å²) in [6.07, 6.45) is 1.55. The molecule has 0 aliphatic heterocycles. The maximum Gasteiger partial charge on any atom is 0.214 e. The van der Waals surface area contributed by atoms with Gasteiger partial charge in [0.2, 0.25) is 11.8 Å². The summed E-state index contributed by atoms with van der Waals surface area (Å²) in [6, 6.07) is 7.07. The van der Waals surface area contributed by atoms with Crippen molar-refractivity contribution in [1.82, 2.24) is 15.0 Å². The molecule has 0 aromatic carbocycles. The maximum atomic E-state index is 5.51. The molecule has 0 fully saturated rings. The van der Waals surface area contributed by atoms with Gasteiger partial charge in [0, 0.05) is 12.1 Å². The van der Waals surface area contributed by atoms with E-state index in [4.69, 9.17) is 20.9 Å². The van der Waals surface area contributed by atoms with Crippen LogP contribution in [0.15, 0.2) is 30.5 Å². The van der Waals surface area contributed by atoms with E-state index in [-0.39, 0.29) is 0 Å². The van der Waals surface area contributed by atoms with E-state index < -0.39 is 0 Å². The first-order chi connectivity index (χ1) is 10.1. The van der Waals surface area contributed by atoms with Gasteiger partial charge in [-0.25, -0.2) is 15.0 Å². The molecule has 0 amide bonds. The third-order valence-electron chi connectivity index (χ3n) is 2.42. The van der Waals surface area contributed by atoms with Crippen molar-refractivity contribution in [1.29, 1.82) is 0 Å². The predicted octanol–water partition coefficient (Wildman–Crippen LogP) is 1.95. The summed E-state index contributed by atoms with van der Waals surface area (Å²) in [5.41, 5.74) is 12.3. The highest BCUT2D eigenvalue weighted by atomic mass is 32.1. The van der Waals surface area contributed by atoms with Gasteiger partial charge < -0.3 is 20.9 Å². The Kier molecular flexibility index (Phi) is 4.72. The van der Waals surface area contributed by atoms with E-state index in [1.54, 1.807) is 38.6 Å². The van der Waals surface area contributed by atoms with Crippen molar-refractivity contribution in [2.24, 2.45) is 0 Å². The van der Waals surface area contributed by atoms with Crippen LogP contribution in [0.1, 0.15) is 0 Å². The standard InChI is InChI=1S/C7H7N3OS.C6H8N2O/c1-11-5-3-2-4-6(10-5)12-7(8)9-4;1-9-6-3-2-5(7)4-8-6/h2-3H,1H3,(H2,8,9);2-4H,7H2,1H3. The van der Waals surface area contributed by atoms with Crippen LogP contribution in [-0.2, 0) is 0 Å². The Bertz CT molecular complexity index is 714. The molecule has 3 aromatic heterocycles. The van der Waals surface area contributed by atoms with Crippen molar-refractivity contribution >= 4 is 32.5 Å². The van der Waals surface area contributed by atoms with Gasteiger partial charge in [-0.15, -0.1) is 0 Å². The Morgan fingerprint density at radius 2 is 1.67 bits per heavy atom. The van der Waals surface area contributed by atoms with Crippen molar-refractivity contribution in [3.63, 3.8) is 0 Å². The van der Waals surface area contributed by atoms with Gasteiger partial charge in [-0.1, -0.05) is 11.3 Å². The zero-order valence-electron chi connectivity index (χ0n) is 11.6. The number of aromatic nitrogens is 3. The summed E-state index contributed by atoms with van der Waals surface area (Å²) in [7, 11) is 3.15. The van der Waals surface area contributed by atoms with Crippen LogP contribution in [0.2, 0.25) is 0 Å². The average Bonchev–Trinajstić information content (AvgIpc) is 2.87. The molecule has 8 heteroatoms. The molecule has 0 saturated carbocycles. The first-order valence-corrected chi connectivity index (χ1v) is 6.76. The van der Waals surface area contributed by atoms with E-state index in [9.17, 15) is 0 Å². The normalized spacial score (nSPS) is 9.81.